The van der Waals surface area contributed by atoms with Crippen LogP contribution in [0, 0.1) is 6.92 Å². The zero-order valence-electron chi connectivity index (χ0n) is 42.9. The molecule has 71 heavy (non-hydrogen) atoms. The molecule has 1 aliphatic carbocycles. The molecule has 6 aromatic carbocycles. The molecule has 0 fully saturated rings. The Morgan fingerprint density at radius 3 is 1.97 bits per heavy atom. The van der Waals surface area contributed by atoms with Crippen molar-refractivity contribution in [1.29, 1.82) is 0 Å². The smallest absolute Gasteiger partial charge is 0.203 e. The fraction of sp³-hybridized carbons (Fsp3) is 0.317. The molecule has 1 N–H and O–H groups in total. The van der Waals surface area contributed by atoms with Gasteiger partial charge in [-0.15, -0.1) is 0 Å². The standard InChI is InChI=1S/C63H68N3O5/c1-42-38-48(64(7)47-18-14-11-15-19-47)24-30-52(42)57-53-31-25-49(39-56(53)71-60-55(57)40-54-43(2)41-62(5,6)66-33-32-61(3,4)58(60)59(54)66)65(34-36-67)35-37-70-63(44-16-12-10-13-17-44,45-20-26-50(68-8)27-21-45)46-22-28-51(69-9)29-23-46/h10-31,38-40,43,67H,32-37,41H2,1-9H3/q+1. The van der Waals surface area contributed by atoms with E-state index in [1.807, 2.05) is 30.3 Å². The van der Waals surface area contributed by atoms with Crippen LogP contribution in [0.4, 0.5) is 17.1 Å². The van der Waals surface area contributed by atoms with Crippen LogP contribution in [0.1, 0.15) is 86.8 Å². The molecule has 0 spiro atoms. The Morgan fingerprint density at radius 1 is 0.732 bits per heavy atom. The number of anilines is 3. The van der Waals surface area contributed by atoms with Gasteiger partial charge in [0.1, 0.15) is 41.7 Å². The SMILES string of the molecule is COc1ccc(C(OCC[N+](CCO)=c2ccc3c(-c4ccc(N(C)c5ccccc5)cc4C)c4cc5c6c(c4oc-3c2)C(C)(C)CCN6C(C)(C)CC5C)(c2ccccc2)c2ccc(OC)cc2)cc1. The number of aryl methyl sites for hydroxylation is 1. The van der Waals surface area contributed by atoms with E-state index in [1.165, 1.54) is 33.5 Å². The van der Waals surface area contributed by atoms with Crippen molar-refractivity contribution >= 4 is 28.0 Å². The molecule has 0 saturated carbocycles. The number of benzene rings is 7. The summed E-state index contributed by atoms with van der Waals surface area (Å²) in [5.41, 5.74) is 13.7. The summed E-state index contributed by atoms with van der Waals surface area (Å²) >= 11 is 0. The van der Waals surface area contributed by atoms with Crippen LogP contribution < -0.4 is 29.2 Å². The summed E-state index contributed by atoms with van der Waals surface area (Å²) in [7, 11) is 5.50. The van der Waals surface area contributed by atoms with E-state index in [4.69, 9.17) is 18.6 Å². The number of aliphatic hydroxyl groups is 1. The van der Waals surface area contributed by atoms with Crippen LogP contribution in [0.5, 0.6) is 11.5 Å². The van der Waals surface area contributed by atoms with Crippen LogP contribution in [0.15, 0.2) is 156 Å². The lowest BCUT2D eigenvalue weighted by atomic mass is 9.69. The first-order valence-corrected chi connectivity index (χ1v) is 25.2. The topological polar surface area (TPSA) is 70.6 Å². The maximum Gasteiger partial charge on any atom is 0.203 e. The van der Waals surface area contributed by atoms with Gasteiger partial charge in [-0.3, -0.25) is 0 Å². The van der Waals surface area contributed by atoms with Crippen LogP contribution in [0.2, 0.25) is 0 Å². The summed E-state index contributed by atoms with van der Waals surface area (Å²) in [6.45, 7) is 16.5. The largest absolute Gasteiger partial charge is 0.497 e. The predicted molar refractivity (Wildman–Crippen MR) is 290 cm³/mol. The molecule has 10 rings (SSSR count). The van der Waals surface area contributed by atoms with Gasteiger partial charge in [0.15, 0.2) is 13.1 Å². The fourth-order valence-corrected chi connectivity index (χ4v) is 11.8. The highest BCUT2D eigenvalue weighted by Crippen LogP contribution is 2.56. The summed E-state index contributed by atoms with van der Waals surface area (Å²) < 4.78 is 28.2. The highest BCUT2D eigenvalue weighted by atomic mass is 16.5. The number of hydrogen-bond donors (Lipinski definition) is 1. The molecule has 0 aromatic heterocycles. The van der Waals surface area contributed by atoms with E-state index < -0.39 is 5.60 Å². The Hall–Kier alpha value is -6.87. The van der Waals surface area contributed by atoms with E-state index >= 15 is 0 Å². The number of aliphatic hydroxyl groups excluding tert-OH is 1. The molecule has 1 unspecified atom stereocenters. The normalized spacial score (nSPS) is 16.4. The van der Waals surface area contributed by atoms with E-state index in [-0.39, 0.29) is 17.6 Å². The highest BCUT2D eigenvalue weighted by Gasteiger charge is 2.46. The number of hydrogen-bond acceptors (Lipinski definition) is 7. The average molecular weight is 947 g/mol. The first kappa shape index (κ1) is 47.8. The van der Waals surface area contributed by atoms with E-state index in [2.05, 4.69) is 184 Å². The van der Waals surface area contributed by atoms with Gasteiger partial charge in [-0.1, -0.05) is 99.6 Å². The van der Waals surface area contributed by atoms with Crippen LogP contribution in [0.3, 0.4) is 0 Å². The van der Waals surface area contributed by atoms with Gasteiger partial charge in [0.25, 0.3) is 0 Å². The molecule has 0 saturated heterocycles. The third kappa shape index (κ3) is 8.55. The third-order valence-electron chi connectivity index (χ3n) is 15.6. The van der Waals surface area contributed by atoms with E-state index in [0.717, 1.165) is 86.6 Å². The molecule has 8 heteroatoms. The summed E-state index contributed by atoms with van der Waals surface area (Å²) in [6, 6.07) is 53.1. The molecule has 4 aliphatic rings. The number of para-hydroxylation sites is 1. The molecule has 3 aliphatic heterocycles. The number of nitrogens with zero attached hydrogens (tertiary/aromatic N) is 3. The van der Waals surface area contributed by atoms with Gasteiger partial charge in [0, 0.05) is 64.3 Å². The quantitative estimate of drug-likeness (QED) is 0.0661. The highest BCUT2D eigenvalue weighted by molar-refractivity contribution is 6.06. The number of methoxy groups -OCH3 is 2. The molecule has 8 nitrogen and oxygen atoms in total. The lowest BCUT2D eigenvalue weighted by Gasteiger charge is -2.53. The van der Waals surface area contributed by atoms with Gasteiger partial charge in [0.05, 0.1) is 20.3 Å². The third-order valence-corrected chi connectivity index (χ3v) is 15.6. The minimum Gasteiger partial charge on any atom is -0.497 e. The predicted octanol–water partition coefficient (Wildman–Crippen LogP) is 12.8. The zero-order chi connectivity index (χ0) is 49.7. The zero-order valence-corrected chi connectivity index (χ0v) is 42.9. The van der Waals surface area contributed by atoms with Crippen molar-refractivity contribution < 1.29 is 23.7 Å². The van der Waals surface area contributed by atoms with Crippen LogP contribution in [0.25, 0.3) is 33.4 Å². The molecule has 0 amide bonds. The van der Waals surface area contributed by atoms with Gasteiger partial charge in [-0.25, -0.2) is 4.58 Å². The van der Waals surface area contributed by atoms with E-state index in [1.54, 1.807) is 14.2 Å². The van der Waals surface area contributed by atoms with Gasteiger partial charge in [-0.05, 0) is 139 Å². The van der Waals surface area contributed by atoms with Crippen molar-refractivity contribution in [1.82, 2.24) is 4.58 Å². The van der Waals surface area contributed by atoms with Crippen molar-refractivity contribution in [3.05, 3.63) is 190 Å². The molecular formula is C63H68N3O5+. The minimum atomic E-state index is -0.978. The first-order chi connectivity index (χ1) is 34.3. The van der Waals surface area contributed by atoms with Crippen LogP contribution >= 0.6 is 0 Å². The second-order valence-electron chi connectivity index (χ2n) is 20.9. The van der Waals surface area contributed by atoms with Gasteiger partial charge in [0.2, 0.25) is 5.36 Å². The Balaban J connectivity index is 1.15. The average Bonchev–Trinajstić information content (AvgIpc) is 3.38. The fourth-order valence-electron chi connectivity index (χ4n) is 11.8. The summed E-state index contributed by atoms with van der Waals surface area (Å²) in [5.74, 6) is 2.72. The lowest BCUT2D eigenvalue weighted by Crippen LogP contribution is -2.53. The van der Waals surface area contributed by atoms with Crippen LogP contribution in [-0.4, -0.2) is 64.8 Å². The van der Waals surface area contributed by atoms with Crippen molar-refractivity contribution in [2.75, 3.05) is 63.9 Å². The summed E-state index contributed by atoms with van der Waals surface area (Å²) in [6.07, 6.45) is 2.12. The maximum absolute atomic E-state index is 10.7. The maximum atomic E-state index is 10.7. The Morgan fingerprint density at radius 2 is 1.35 bits per heavy atom. The molecule has 0 bridgehead atoms. The molecule has 3 heterocycles. The Bertz CT molecular complexity index is 3180. The van der Waals surface area contributed by atoms with Crippen molar-refractivity contribution in [3.63, 3.8) is 0 Å². The lowest BCUT2D eigenvalue weighted by molar-refractivity contribution is 0.0123. The molecule has 0 radical (unpaired) electrons. The second-order valence-corrected chi connectivity index (χ2v) is 20.9. The molecule has 364 valence electrons. The van der Waals surface area contributed by atoms with Gasteiger partial charge in [-0.2, -0.15) is 0 Å². The number of fused-ring (bicyclic) bond motifs is 3. The number of rotatable bonds is 14. The van der Waals surface area contributed by atoms with Crippen molar-refractivity contribution in [2.24, 2.45) is 0 Å². The summed E-state index contributed by atoms with van der Waals surface area (Å²) in [5, 5.41) is 12.8. The summed E-state index contributed by atoms with van der Waals surface area (Å²) in [4.78, 5) is 4.92. The Labute approximate surface area is 419 Å². The number of ether oxygens (including phenoxy) is 3. The van der Waals surface area contributed by atoms with E-state index in [9.17, 15) is 5.11 Å². The van der Waals surface area contributed by atoms with E-state index in [0.29, 0.717) is 25.6 Å². The van der Waals surface area contributed by atoms with Crippen LogP contribution in [-0.2, 0) is 15.8 Å². The molecular weight excluding hydrogens is 879 g/mol. The Kier molecular flexibility index (Phi) is 12.8. The van der Waals surface area contributed by atoms with Gasteiger partial charge < -0.3 is 33.5 Å². The van der Waals surface area contributed by atoms with Gasteiger partial charge >= 0.3 is 0 Å². The van der Waals surface area contributed by atoms with Crippen molar-refractivity contribution in [2.45, 2.75) is 76.9 Å². The minimum absolute atomic E-state index is 0.0150. The molecule has 6 aromatic rings. The second kappa shape index (κ2) is 19.0. The molecule has 1 atom stereocenters. The van der Waals surface area contributed by atoms with Crippen molar-refractivity contribution in [3.8, 4) is 33.9 Å². The first-order valence-electron chi connectivity index (χ1n) is 25.2. The monoisotopic (exact) mass is 947 g/mol.